The van der Waals surface area contributed by atoms with E-state index < -0.39 is 5.60 Å². The third-order valence-electron chi connectivity index (χ3n) is 9.60. The summed E-state index contributed by atoms with van der Waals surface area (Å²) in [6, 6.07) is 11.7. The van der Waals surface area contributed by atoms with Crippen LogP contribution < -0.4 is 14.4 Å². The first kappa shape index (κ1) is 26.9. The Bertz CT molecular complexity index is 1320. The Labute approximate surface area is 238 Å². The van der Waals surface area contributed by atoms with E-state index in [1.165, 1.54) is 37.8 Å². The van der Waals surface area contributed by atoms with Crippen LogP contribution in [0.5, 0.6) is 11.5 Å². The fraction of sp³-hybridized carbons (Fsp3) is 0.486. The van der Waals surface area contributed by atoms with Crippen molar-refractivity contribution in [2.24, 2.45) is 29.6 Å². The Balaban J connectivity index is 1.23. The van der Waals surface area contributed by atoms with Crippen molar-refractivity contribution in [2.45, 2.75) is 65.4 Å². The van der Waals surface area contributed by atoms with E-state index >= 15 is 0 Å². The first-order valence-corrected chi connectivity index (χ1v) is 15.1. The average molecular weight is 540 g/mol. The van der Waals surface area contributed by atoms with Crippen LogP contribution in [0.3, 0.4) is 0 Å². The summed E-state index contributed by atoms with van der Waals surface area (Å²) >= 11 is 0. The number of benzene rings is 2. The number of rotatable bonds is 8. The first-order chi connectivity index (χ1) is 19.2. The van der Waals surface area contributed by atoms with E-state index in [0.717, 1.165) is 30.5 Å². The molecule has 0 spiro atoms. The van der Waals surface area contributed by atoms with Crippen molar-refractivity contribution in [3.63, 3.8) is 0 Å². The molecule has 4 aliphatic carbocycles. The van der Waals surface area contributed by atoms with Gasteiger partial charge in [0.2, 0.25) is 0 Å². The number of ether oxygens (including phenoxy) is 2. The minimum absolute atomic E-state index is 0.00857. The lowest BCUT2D eigenvalue weighted by Crippen LogP contribution is -2.49. The standard InChI is InChI=1S/C35H41NO4/c1-5-36(6-2)27-10-7-22(8-11-27)9-13-30(37)28-12-14-31(29-15-16-35(3,4)40-33(28)29)39-34(38)32-25-18-23-17-24(20-25)21-26(32)19-23/h7-16,23-26,32H,5-6,17-21H2,1-4H3/b13-9+/t23-,24-,25-,26+,32?. The number of allylic oxidation sites excluding steroid dienone is 1. The minimum Gasteiger partial charge on any atom is -0.482 e. The van der Waals surface area contributed by atoms with Gasteiger partial charge in [-0.3, -0.25) is 9.59 Å². The van der Waals surface area contributed by atoms with Crippen LogP contribution in [0.1, 0.15) is 81.3 Å². The fourth-order valence-corrected chi connectivity index (χ4v) is 7.85. The summed E-state index contributed by atoms with van der Waals surface area (Å²) in [6.45, 7) is 10.1. The van der Waals surface area contributed by atoms with Crippen molar-refractivity contribution < 1.29 is 19.1 Å². The second-order valence-electron chi connectivity index (χ2n) is 12.7. The van der Waals surface area contributed by atoms with Gasteiger partial charge in [0.15, 0.2) is 5.78 Å². The van der Waals surface area contributed by atoms with E-state index in [0.29, 0.717) is 34.5 Å². The predicted molar refractivity (Wildman–Crippen MR) is 160 cm³/mol. The molecule has 5 aliphatic rings. The van der Waals surface area contributed by atoms with Crippen molar-refractivity contribution in [1.82, 2.24) is 0 Å². The van der Waals surface area contributed by atoms with Crippen molar-refractivity contribution in [3.05, 3.63) is 65.2 Å². The number of anilines is 1. The monoisotopic (exact) mass is 539 g/mol. The van der Waals surface area contributed by atoms with Gasteiger partial charge in [-0.05, 0) is 132 Å². The molecule has 5 heteroatoms. The van der Waals surface area contributed by atoms with Gasteiger partial charge in [-0.2, -0.15) is 0 Å². The van der Waals surface area contributed by atoms with Crippen LogP contribution in [0.2, 0.25) is 0 Å². The second kappa shape index (κ2) is 10.6. The first-order valence-electron chi connectivity index (χ1n) is 15.1. The van der Waals surface area contributed by atoms with Crippen LogP contribution in [0.4, 0.5) is 5.69 Å². The van der Waals surface area contributed by atoms with Crippen LogP contribution in [0.25, 0.3) is 12.2 Å². The Morgan fingerprint density at radius 3 is 2.23 bits per heavy atom. The Morgan fingerprint density at radius 2 is 1.60 bits per heavy atom. The van der Waals surface area contributed by atoms with Gasteiger partial charge in [0.25, 0.3) is 0 Å². The zero-order valence-electron chi connectivity index (χ0n) is 24.2. The predicted octanol–water partition coefficient (Wildman–Crippen LogP) is 7.59. The molecule has 0 radical (unpaired) electrons. The summed E-state index contributed by atoms with van der Waals surface area (Å²) in [5.74, 6) is 3.21. The molecule has 4 saturated carbocycles. The lowest BCUT2D eigenvalue weighted by Gasteiger charge is -2.53. The molecule has 0 unspecified atom stereocenters. The highest BCUT2D eigenvalue weighted by Gasteiger charge is 2.51. The van der Waals surface area contributed by atoms with Gasteiger partial charge in [0.05, 0.1) is 17.0 Å². The van der Waals surface area contributed by atoms with E-state index in [1.807, 2.05) is 44.2 Å². The van der Waals surface area contributed by atoms with Gasteiger partial charge in [-0.15, -0.1) is 0 Å². The smallest absolute Gasteiger partial charge is 0.314 e. The molecule has 2 aromatic rings. The Morgan fingerprint density at radius 1 is 0.950 bits per heavy atom. The third kappa shape index (κ3) is 5.11. The van der Waals surface area contributed by atoms with Gasteiger partial charge in [-0.25, -0.2) is 0 Å². The third-order valence-corrected chi connectivity index (χ3v) is 9.60. The fourth-order valence-electron chi connectivity index (χ4n) is 7.85. The zero-order valence-corrected chi connectivity index (χ0v) is 24.2. The second-order valence-corrected chi connectivity index (χ2v) is 12.7. The highest BCUT2D eigenvalue weighted by atomic mass is 16.5. The normalized spacial score (nSPS) is 27.4. The van der Waals surface area contributed by atoms with Crippen molar-refractivity contribution in [1.29, 1.82) is 0 Å². The quantitative estimate of drug-likeness (QED) is 0.150. The van der Waals surface area contributed by atoms with E-state index in [-0.39, 0.29) is 17.7 Å². The van der Waals surface area contributed by atoms with Crippen LogP contribution in [0, 0.1) is 29.6 Å². The topological polar surface area (TPSA) is 55.8 Å². The number of hydrogen-bond donors (Lipinski definition) is 0. The minimum atomic E-state index is -0.573. The molecule has 1 heterocycles. The largest absolute Gasteiger partial charge is 0.482 e. The maximum atomic E-state index is 13.5. The SMILES string of the molecule is CCN(CC)c1ccc(/C=C/C(=O)c2ccc(OC(=O)C3[C@H]4C[C@H]5C[C@H](C4)C[C@H]3C5)c3c2OC(C)(C)C=C3)cc1. The highest BCUT2D eigenvalue weighted by Crippen LogP contribution is 2.57. The summed E-state index contributed by atoms with van der Waals surface area (Å²) < 4.78 is 12.4. The summed E-state index contributed by atoms with van der Waals surface area (Å²) in [7, 11) is 0. The van der Waals surface area contributed by atoms with Crippen molar-refractivity contribution in [3.8, 4) is 11.5 Å². The molecule has 2 aromatic carbocycles. The number of ketones is 1. The van der Waals surface area contributed by atoms with Crippen LogP contribution in [-0.2, 0) is 4.79 Å². The summed E-state index contributed by atoms with van der Waals surface area (Å²) in [5.41, 5.74) is 2.69. The van der Waals surface area contributed by atoms with E-state index in [9.17, 15) is 9.59 Å². The van der Waals surface area contributed by atoms with Crippen molar-refractivity contribution >= 4 is 29.6 Å². The molecule has 4 bridgehead atoms. The van der Waals surface area contributed by atoms with Gasteiger partial charge >= 0.3 is 5.97 Å². The molecule has 1 aliphatic heterocycles. The maximum Gasteiger partial charge on any atom is 0.314 e. The highest BCUT2D eigenvalue weighted by molar-refractivity contribution is 6.09. The lowest BCUT2D eigenvalue weighted by molar-refractivity contribution is -0.152. The number of carbonyl (C=O) groups excluding carboxylic acids is 2. The van der Waals surface area contributed by atoms with Crippen LogP contribution in [0.15, 0.2) is 48.6 Å². The molecule has 0 atom stereocenters. The summed E-state index contributed by atoms with van der Waals surface area (Å²) in [5, 5.41) is 0. The molecule has 5 nitrogen and oxygen atoms in total. The molecular weight excluding hydrogens is 498 g/mol. The van der Waals surface area contributed by atoms with Crippen LogP contribution in [-0.4, -0.2) is 30.4 Å². The van der Waals surface area contributed by atoms with E-state index in [4.69, 9.17) is 9.47 Å². The van der Waals surface area contributed by atoms with Gasteiger partial charge in [-0.1, -0.05) is 18.2 Å². The van der Waals surface area contributed by atoms with Crippen LogP contribution >= 0.6 is 0 Å². The number of carbonyl (C=O) groups is 2. The maximum absolute atomic E-state index is 13.5. The van der Waals surface area contributed by atoms with E-state index in [1.54, 1.807) is 18.2 Å². The number of hydrogen-bond acceptors (Lipinski definition) is 5. The van der Waals surface area contributed by atoms with Gasteiger partial charge in [0, 0.05) is 18.8 Å². The van der Waals surface area contributed by atoms with Crippen molar-refractivity contribution in [2.75, 3.05) is 18.0 Å². The molecular formula is C35H41NO4. The molecule has 7 rings (SSSR count). The molecule has 0 saturated heterocycles. The summed E-state index contributed by atoms with van der Waals surface area (Å²) in [4.78, 5) is 29.2. The molecule has 0 N–H and O–H groups in total. The molecule has 40 heavy (non-hydrogen) atoms. The van der Waals surface area contributed by atoms with Gasteiger partial charge < -0.3 is 14.4 Å². The number of nitrogens with zero attached hydrogens (tertiary/aromatic N) is 1. The van der Waals surface area contributed by atoms with E-state index in [2.05, 4.69) is 30.9 Å². The Hall–Kier alpha value is -3.34. The average Bonchev–Trinajstić information content (AvgIpc) is 2.92. The zero-order chi connectivity index (χ0) is 28.0. The molecule has 0 aromatic heterocycles. The molecule has 210 valence electrons. The summed E-state index contributed by atoms with van der Waals surface area (Å²) in [6.07, 6.45) is 13.3. The molecule has 4 fully saturated rings. The number of fused-ring (bicyclic) bond motifs is 1. The Kier molecular flexibility index (Phi) is 7.10. The number of esters is 1. The lowest BCUT2D eigenvalue weighted by atomic mass is 9.52. The molecule has 0 amide bonds. The van der Waals surface area contributed by atoms with Gasteiger partial charge in [0.1, 0.15) is 17.1 Å².